The van der Waals surface area contributed by atoms with Gasteiger partial charge in [-0.05, 0) is 19.9 Å². The molecule has 2 rings (SSSR count). The summed E-state index contributed by atoms with van der Waals surface area (Å²) in [6.45, 7) is 4.01. The van der Waals surface area contributed by atoms with E-state index in [0.29, 0.717) is 10.4 Å². The molecule has 0 spiro atoms. The second kappa shape index (κ2) is 5.84. The lowest BCUT2D eigenvalue weighted by molar-refractivity contribution is 0.0485. The van der Waals surface area contributed by atoms with Crippen LogP contribution in [0.3, 0.4) is 0 Å². The van der Waals surface area contributed by atoms with Crippen LogP contribution >= 0.6 is 11.3 Å². The van der Waals surface area contributed by atoms with Crippen molar-refractivity contribution in [2.45, 2.75) is 13.8 Å². The van der Waals surface area contributed by atoms with Gasteiger partial charge in [-0.3, -0.25) is 0 Å². The van der Waals surface area contributed by atoms with E-state index < -0.39 is 11.9 Å². The monoisotopic (exact) mass is 278 g/mol. The Morgan fingerprint density at radius 3 is 2.37 bits per heavy atom. The van der Waals surface area contributed by atoms with Gasteiger partial charge in [-0.1, -0.05) is 18.2 Å². The van der Waals surface area contributed by atoms with Gasteiger partial charge in [-0.2, -0.15) is 0 Å². The lowest BCUT2D eigenvalue weighted by Crippen LogP contribution is -2.11. The fraction of sp³-hybridized carbons (Fsp3) is 0.286. The van der Waals surface area contributed by atoms with Crippen LogP contribution in [0.25, 0.3) is 10.1 Å². The minimum absolute atomic E-state index is 0.269. The fourth-order valence-electron chi connectivity index (χ4n) is 1.79. The van der Waals surface area contributed by atoms with E-state index in [0.717, 1.165) is 10.1 Å². The lowest BCUT2D eigenvalue weighted by Gasteiger charge is -2.04. The molecule has 0 saturated carbocycles. The second-order valence-corrected chi connectivity index (χ2v) is 4.80. The molecule has 0 unspecified atom stereocenters. The number of carbonyl (C=O) groups is 2. The molecule has 0 atom stereocenters. The molecule has 100 valence electrons. The van der Waals surface area contributed by atoms with Gasteiger partial charge in [0.15, 0.2) is 0 Å². The number of ether oxygens (including phenoxy) is 2. The first-order valence-corrected chi connectivity index (χ1v) is 6.86. The van der Waals surface area contributed by atoms with Crippen LogP contribution in [0.5, 0.6) is 0 Å². The zero-order valence-electron chi connectivity index (χ0n) is 10.8. The maximum Gasteiger partial charge on any atom is 0.349 e. The summed E-state index contributed by atoms with van der Waals surface area (Å²) in [5, 5.41) is 0.731. The largest absolute Gasteiger partial charge is 0.462 e. The first-order valence-electron chi connectivity index (χ1n) is 6.04. The van der Waals surface area contributed by atoms with Gasteiger partial charge in [-0.25, -0.2) is 9.59 Å². The van der Waals surface area contributed by atoms with Gasteiger partial charge in [0.05, 0.1) is 18.8 Å². The van der Waals surface area contributed by atoms with Crippen molar-refractivity contribution in [3.05, 3.63) is 34.7 Å². The van der Waals surface area contributed by atoms with Gasteiger partial charge >= 0.3 is 11.9 Å². The molecule has 1 aromatic heterocycles. The van der Waals surface area contributed by atoms with Crippen LogP contribution in [0.4, 0.5) is 0 Å². The third kappa shape index (κ3) is 2.61. The Balaban J connectivity index is 2.58. The van der Waals surface area contributed by atoms with Gasteiger partial charge in [0.2, 0.25) is 0 Å². The van der Waals surface area contributed by atoms with Crippen LogP contribution in [0.1, 0.15) is 33.9 Å². The molecule has 0 saturated heterocycles. The van der Waals surface area contributed by atoms with Crippen molar-refractivity contribution < 1.29 is 19.1 Å². The smallest absolute Gasteiger partial charge is 0.349 e. The van der Waals surface area contributed by atoms with Gasteiger partial charge in [0.1, 0.15) is 4.88 Å². The maximum absolute atomic E-state index is 12.0. The molecule has 0 bridgehead atoms. The molecular formula is C14H14O4S. The summed E-state index contributed by atoms with van der Waals surface area (Å²) >= 11 is 1.25. The van der Waals surface area contributed by atoms with E-state index in [4.69, 9.17) is 9.47 Å². The topological polar surface area (TPSA) is 52.6 Å². The number of hydrogen-bond donors (Lipinski definition) is 0. The van der Waals surface area contributed by atoms with E-state index >= 15 is 0 Å². The number of hydrogen-bond acceptors (Lipinski definition) is 5. The zero-order valence-corrected chi connectivity index (χ0v) is 11.6. The van der Waals surface area contributed by atoms with Gasteiger partial charge in [0, 0.05) is 10.1 Å². The molecule has 0 aliphatic rings. The van der Waals surface area contributed by atoms with Gasteiger partial charge < -0.3 is 9.47 Å². The van der Waals surface area contributed by atoms with E-state index in [1.54, 1.807) is 19.9 Å². The first-order chi connectivity index (χ1) is 9.19. The third-order valence-electron chi connectivity index (χ3n) is 2.54. The Bertz CT molecular complexity index is 615. The van der Waals surface area contributed by atoms with Gasteiger partial charge in [0.25, 0.3) is 0 Å². The molecule has 2 aromatic rings. The highest BCUT2D eigenvalue weighted by molar-refractivity contribution is 7.21. The SMILES string of the molecule is CCOC(=O)c1sc2ccccc2c1C(=O)OCC. The average molecular weight is 278 g/mol. The number of benzene rings is 1. The first kappa shape index (κ1) is 13.5. The fourth-order valence-corrected chi connectivity index (χ4v) is 2.88. The van der Waals surface area contributed by atoms with E-state index in [1.165, 1.54) is 11.3 Å². The molecule has 0 aliphatic carbocycles. The summed E-state index contributed by atoms with van der Waals surface area (Å²) in [5.74, 6) is -0.963. The van der Waals surface area contributed by atoms with Crippen LogP contribution in [0, 0.1) is 0 Å². The molecule has 0 fully saturated rings. The number of rotatable bonds is 4. The van der Waals surface area contributed by atoms with Crippen molar-refractivity contribution in [2.24, 2.45) is 0 Å². The molecule has 1 aromatic carbocycles. The van der Waals surface area contributed by atoms with Crippen LogP contribution in [-0.2, 0) is 9.47 Å². The quantitative estimate of drug-likeness (QED) is 0.805. The normalized spacial score (nSPS) is 10.4. The molecule has 4 nitrogen and oxygen atoms in total. The Morgan fingerprint density at radius 2 is 1.68 bits per heavy atom. The number of carbonyl (C=O) groups excluding carboxylic acids is 2. The Hall–Kier alpha value is -1.88. The summed E-state index contributed by atoms with van der Waals surface area (Å²) < 4.78 is 10.9. The van der Waals surface area contributed by atoms with Crippen molar-refractivity contribution in [3.8, 4) is 0 Å². The van der Waals surface area contributed by atoms with Crippen LogP contribution in [0.15, 0.2) is 24.3 Å². The molecule has 19 heavy (non-hydrogen) atoms. The Labute approximate surface area is 114 Å². The molecular weight excluding hydrogens is 264 g/mol. The van der Waals surface area contributed by atoms with E-state index in [9.17, 15) is 9.59 Å². The van der Waals surface area contributed by atoms with Crippen LogP contribution in [0.2, 0.25) is 0 Å². The highest BCUT2D eigenvalue weighted by Gasteiger charge is 2.25. The predicted molar refractivity (Wildman–Crippen MR) is 73.7 cm³/mol. The molecule has 0 N–H and O–H groups in total. The predicted octanol–water partition coefficient (Wildman–Crippen LogP) is 3.25. The molecule has 1 heterocycles. The number of esters is 2. The highest BCUT2D eigenvalue weighted by Crippen LogP contribution is 2.32. The average Bonchev–Trinajstić information content (AvgIpc) is 2.78. The summed E-state index contributed by atoms with van der Waals surface area (Å²) in [5.41, 5.74) is 0.306. The van der Waals surface area contributed by atoms with Crippen molar-refractivity contribution in [1.29, 1.82) is 0 Å². The van der Waals surface area contributed by atoms with E-state index in [-0.39, 0.29) is 13.2 Å². The van der Waals surface area contributed by atoms with Gasteiger partial charge in [-0.15, -0.1) is 11.3 Å². The molecule has 0 amide bonds. The summed E-state index contributed by atoms with van der Waals surface area (Å²) in [6, 6.07) is 7.36. The Morgan fingerprint density at radius 1 is 1.05 bits per heavy atom. The third-order valence-corrected chi connectivity index (χ3v) is 3.69. The summed E-state index contributed by atoms with van der Waals surface area (Å²) in [4.78, 5) is 24.3. The zero-order chi connectivity index (χ0) is 13.8. The number of fused-ring (bicyclic) bond motifs is 1. The van der Waals surface area contributed by atoms with E-state index in [2.05, 4.69) is 0 Å². The van der Waals surface area contributed by atoms with Crippen LogP contribution < -0.4 is 0 Å². The summed E-state index contributed by atoms with van der Waals surface area (Å²) in [6.07, 6.45) is 0. The highest BCUT2D eigenvalue weighted by atomic mass is 32.1. The molecule has 0 aliphatic heterocycles. The molecule has 5 heteroatoms. The second-order valence-electron chi connectivity index (χ2n) is 3.74. The number of thiophene rings is 1. The standard InChI is InChI=1S/C14H14O4S/c1-3-17-13(15)11-9-7-5-6-8-10(9)19-12(11)14(16)18-4-2/h5-8H,3-4H2,1-2H3. The van der Waals surface area contributed by atoms with Crippen molar-refractivity contribution in [2.75, 3.05) is 13.2 Å². The lowest BCUT2D eigenvalue weighted by atomic mass is 10.1. The minimum atomic E-state index is -0.483. The van der Waals surface area contributed by atoms with Crippen molar-refractivity contribution >= 4 is 33.4 Å². The Kier molecular flexibility index (Phi) is 4.16. The van der Waals surface area contributed by atoms with Crippen LogP contribution in [-0.4, -0.2) is 25.2 Å². The van der Waals surface area contributed by atoms with Crippen molar-refractivity contribution in [3.63, 3.8) is 0 Å². The van der Waals surface area contributed by atoms with Crippen molar-refractivity contribution in [1.82, 2.24) is 0 Å². The summed E-state index contributed by atoms with van der Waals surface area (Å²) in [7, 11) is 0. The molecule has 0 radical (unpaired) electrons. The van der Waals surface area contributed by atoms with E-state index in [1.807, 2.05) is 18.2 Å². The minimum Gasteiger partial charge on any atom is -0.462 e. The maximum atomic E-state index is 12.0.